The maximum absolute atomic E-state index is 13.2. The highest BCUT2D eigenvalue weighted by Gasteiger charge is 2.30. The summed E-state index contributed by atoms with van der Waals surface area (Å²) in [5, 5.41) is 16.2. The Morgan fingerprint density at radius 1 is 0.784 bits per heavy atom. The average molecular weight is 505 g/mol. The first-order valence-electron chi connectivity index (χ1n) is 11.7. The molecular weight excluding hydrogens is 476 g/mol. The van der Waals surface area contributed by atoms with Crippen molar-refractivity contribution in [3.8, 4) is 0 Å². The number of primary amides is 1. The lowest BCUT2D eigenvalue weighted by Crippen LogP contribution is -2.56. The summed E-state index contributed by atoms with van der Waals surface area (Å²) in [6, 6.07) is 11.4. The van der Waals surface area contributed by atoms with Crippen LogP contribution < -0.4 is 22.1 Å². The molecule has 0 aliphatic rings. The molecule has 2 aromatic carbocycles. The van der Waals surface area contributed by atoms with Crippen LogP contribution in [0.5, 0.6) is 0 Å². The fourth-order valence-electron chi connectivity index (χ4n) is 4.31. The molecule has 0 saturated carbocycles. The van der Waals surface area contributed by atoms with Crippen molar-refractivity contribution in [2.75, 3.05) is 0 Å². The van der Waals surface area contributed by atoms with Crippen LogP contribution in [0, 0.1) is 0 Å². The molecule has 9 N–H and O–H groups in total. The Hall–Kier alpha value is -4.64. The van der Waals surface area contributed by atoms with Gasteiger partial charge in [0.1, 0.15) is 12.1 Å². The Bertz CT molecular complexity index is 1460. The van der Waals surface area contributed by atoms with Crippen LogP contribution in [-0.4, -0.2) is 56.9 Å². The number of fused-ring (bicyclic) bond motifs is 2. The first-order chi connectivity index (χ1) is 17.7. The number of carbonyl (C=O) groups excluding carboxylic acids is 3. The third-order valence-electron chi connectivity index (χ3n) is 6.20. The number of rotatable bonds is 11. The first kappa shape index (κ1) is 25.5. The van der Waals surface area contributed by atoms with Gasteiger partial charge in [0.2, 0.25) is 17.7 Å². The molecule has 0 radical (unpaired) electrons. The zero-order valence-electron chi connectivity index (χ0n) is 19.9. The van der Waals surface area contributed by atoms with Crippen LogP contribution in [0.25, 0.3) is 21.8 Å². The number of para-hydroxylation sites is 2. The Kier molecular flexibility index (Phi) is 7.54. The van der Waals surface area contributed by atoms with E-state index in [4.69, 9.17) is 11.5 Å². The Morgan fingerprint density at radius 3 is 1.84 bits per heavy atom. The van der Waals surface area contributed by atoms with Crippen LogP contribution in [0.4, 0.5) is 0 Å². The van der Waals surface area contributed by atoms with Gasteiger partial charge in [0.15, 0.2) is 0 Å². The van der Waals surface area contributed by atoms with E-state index in [2.05, 4.69) is 20.6 Å². The van der Waals surface area contributed by atoms with Gasteiger partial charge in [-0.05, 0) is 29.7 Å². The van der Waals surface area contributed by atoms with Crippen LogP contribution in [0.15, 0.2) is 60.9 Å². The zero-order chi connectivity index (χ0) is 26.5. The number of nitrogens with two attached hydrogens (primary N) is 2. The summed E-state index contributed by atoms with van der Waals surface area (Å²) < 4.78 is 0. The molecule has 192 valence electrons. The molecule has 0 spiro atoms. The van der Waals surface area contributed by atoms with Crippen molar-refractivity contribution in [1.82, 2.24) is 20.6 Å². The van der Waals surface area contributed by atoms with Gasteiger partial charge in [-0.2, -0.15) is 0 Å². The number of nitrogens with one attached hydrogen (secondary N) is 4. The van der Waals surface area contributed by atoms with E-state index >= 15 is 0 Å². The van der Waals surface area contributed by atoms with Crippen molar-refractivity contribution in [2.24, 2.45) is 11.5 Å². The number of hydrogen-bond acceptors (Lipinski definition) is 5. The van der Waals surface area contributed by atoms with Gasteiger partial charge >= 0.3 is 5.97 Å². The van der Waals surface area contributed by atoms with Crippen molar-refractivity contribution in [1.29, 1.82) is 0 Å². The molecule has 4 aromatic rings. The second kappa shape index (κ2) is 11.0. The second-order valence-corrected chi connectivity index (χ2v) is 8.86. The van der Waals surface area contributed by atoms with Gasteiger partial charge in [0.05, 0.1) is 12.5 Å². The van der Waals surface area contributed by atoms with Crippen molar-refractivity contribution >= 4 is 45.5 Å². The van der Waals surface area contributed by atoms with E-state index in [0.29, 0.717) is 0 Å². The normalized spacial score (nSPS) is 13.6. The number of aromatic amines is 2. The molecule has 11 heteroatoms. The standard InChI is InChI=1S/C26H28N6O5/c27-18(9-14-12-29-19-7-3-1-5-16(14)19)24(34)31-21(25(35)32-22(26(36)37)11-23(28)33)10-15-13-30-20-8-4-2-6-17(15)20/h1-8,12-13,18,21-22,29-30H,9-11,27H2,(H2,28,33)(H,31,34)(H,32,35)(H,36,37). The van der Waals surface area contributed by atoms with Gasteiger partial charge in [0, 0.05) is 40.6 Å². The molecule has 0 aliphatic carbocycles. The minimum absolute atomic E-state index is 0.0598. The molecule has 0 aliphatic heterocycles. The van der Waals surface area contributed by atoms with Gasteiger partial charge in [-0.1, -0.05) is 36.4 Å². The molecule has 4 rings (SSSR count). The van der Waals surface area contributed by atoms with E-state index in [1.807, 2.05) is 48.5 Å². The summed E-state index contributed by atoms with van der Waals surface area (Å²) in [4.78, 5) is 55.3. The first-order valence-corrected chi connectivity index (χ1v) is 11.7. The predicted octanol–water partition coefficient (Wildman–Crippen LogP) is 0.691. The third-order valence-corrected chi connectivity index (χ3v) is 6.20. The number of carboxylic acid groups (broad SMARTS) is 1. The van der Waals surface area contributed by atoms with Crippen LogP contribution in [-0.2, 0) is 32.0 Å². The van der Waals surface area contributed by atoms with E-state index < -0.39 is 48.2 Å². The van der Waals surface area contributed by atoms with E-state index in [1.165, 1.54) is 0 Å². The number of H-pyrrole nitrogens is 2. The van der Waals surface area contributed by atoms with Crippen molar-refractivity contribution in [2.45, 2.75) is 37.4 Å². The summed E-state index contributed by atoms with van der Waals surface area (Å²) in [7, 11) is 0. The van der Waals surface area contributed by atoms with Crippen LogP contribution >= 0.6 is 0 Å². The Morgan fingerprint density at radius 2 is 1.30 bits per heavy atom. The number of carbonyl (C=O) groups is 4. The number of aromatic nitrogens is 2. The minimum atomic E-state index is -1.53. The fourth-order valence-corrected chi connectivity index (χ4v) is 4.31. The number of amides is 3. The molecule has 0 saturated heterocycles. The topological polar surface area (TPSA) is 196 Å². The largest absolute Gasteiger partial charge is 0.480 e. The molecule has 2 heterocycles. The van der Waals surface area contributed by atoms with E-state index in [0.717, 1.165) is 32.9 Å². The van der Waals surface area contributed by atoms with Crippen molar-refractivity contribution in [3.63, 3.8) is 0 Å². The van der Waals surface area contributed by atoms with Gasteiger partial charge in [-0.25, -0.2) is 4.79 Å². The number of aliphatic carboxylic acids is 1. The highest BCUT2D eigenvalue weighted by Crippen LogP contribution is 2.20. The predicted molar refractivity (Wildman–Crippen MR) is 137 cm³/mol. The smallest absolute Gasteiger partial charge is 0.326 e. The summed E-state index contributed by atoms with van der Waals surface area (Å²) in [6.45, 7) is 0. The lowest BCUT2D eigenvalue weighted by atomic mass is 10.0. The zero-order valence-corrected chi connectivity index (χ0v) is 19.9. The summed E-state index contributed by atoms with van der Waals surface area (Å²) >= 11 is 0. The average Bonchev–Trinajstić information content (AvgIpc) is 3.47. The van der Waals surface area contributed by atoms with Gasteiger partial charge in [0.25, 0.3) is 0 Å². The minimum Gasteiger partial charge on any atom is -0.480 e. The van der Waals surface area contributed by atoms with E-state index in [9.17, 15) is 24.3 Å². The van der Waals surface area contributed by atoms with Crippen molar-refractivity contribution in [3.05, 3.63) is 72.1 Å². The SMILES string of the molecule is NC(=O)CC(NC(=O)C(Cc1c[nH]c2ccccc12)NC(=O)C(N)Cc1c[nH]c2ccccc12)C(=O)O. The number of hydrogen-bond donors (Lipinski definition) is 7. The van der Waals surface area contributed by atoms with Gasteiger partial charge < -0.3 is 37.2 Å². The van der Waals surface area contributed by atoms with Gasteiger partial charge in [-0.15, -0.1) is 0 Å². The summed E-state index contributed by atoms with van der Waals surface area (Å²) in [6.07, 6.45) is 3.20. The van der Waals surface area contributed by atoms with Gasteiger partial charge in [-0.3, -0.25) is 14.4 Å². The maximum atomic E-state index is 13.2. The van der Waals surface area contributed by atoms with E-state index in [-0.39, 0.29) is 12.8 Å². The molecule has 3 atom stereocenters. The second-order valence-electron chi connectivity index (χ2n) is 8.86. The van der Waals surface area contributed by atoms with E-state index in [1.54, 1.807) is 12.4 Å². The third kappa shape index (κ3) is 5.96. The fraction of sp³-hybridized carbons (Fsp3) is 0.231. The number of benzene rings is 2. The lowest BCUT2D eigenvalue weighted by molar-refractivity contribution is -0.143. The van der Waals surface area contributed by atoms with Crippen molar-refractivity contribution < 1.29 is 24.3 Å². The molecule has 0 fully saturated rings. The molecular formula is C26H28N6O5. The summed E-state index contributed by atoms with van der Waals surface area (Å²) in [5.41, 5.74) is 14.7. The summed E-state index contributed by atoms with van der Waals surface area (Å²) in [5.74, 6) is -3.65. The number of carboxylic acids is 1. The monoisotopic (exact) mass is 504 g/mol. The Balaban J connectivity index is 1.54. The molecule has 0 bridgehead atoms. The molecule has 3 unspecified atom stereocenters. The molecule has 2 aromatic heterocycles. The quantitative estimate of drug-likeness (QED) is 0.157. The molecule has 37 heavy (non-hydrogen) atoms. The van der Waals surface area contributed by atoms with Crippen LogP contribution in [0.2, 0.25) is 0 Å². The Labute approximate surface area is 211 Å². The van der Waals surface area contributed by atoms with Crippen LogP contribution in [0.3, 0.4) is 0 Å². The molecule has 11 nitrogen and oxygen atoms in total. The van der Waals surface area contributed by atoms with Crippen LogP contribution in [0.1, 0.15) is 17.5 Å². The highest BCUT2D eigenvalue weighted by atomic mass is 16.4. The molecule has 3 amide bonds. The maximum Gasteiger partial charge on any atom is 0.326 e. The highest BCUT2D eigenvalue weighted by molar-refractivity contribution is 5.94. The lowest BCUT2D eigenvalue weighted by Gasteiger charge is -2.22.